The summed E-state index contributed by atoms with van der Waals surface area (Å²) in [5, 5.41) is 6.75. The molecule has 186 valence electrons. The molecule has 10 heteroatoms. The van der Waals surface area contributed by atoms with Gasteiger partial charge in [-0.3, -0.25) is 9.69 Å². The summed E-state index contributed by atoms with van der Waals surface area (Å²) in [7, 11) is 0. The lowest BCUT2D eigenvalue weighted by atomic mass is 10.1. The molecular weight excluding hydrogens is 536 g/mol. The largest absolute Gasteiger partial charge is 0.369 e. The second kappa shape index (κ2) is 13.9. The molecule has 2 saturated heterocycles. The number of benzene rings is 1. The zero-order valence-electron chi connectivity index (χ0n) is 19.9. The van der Waals surface area contributed by atoms with Crippen molar-refractivity contribution >= 4 is 41.5 Å². The van der Waals surface area contributed by atoms with Crippen molar-refractivity contribution in [3.8, 4) is 0 Å². The second-order valence-electron chi connectivity index (χ2n) is 8.56. The number of anilines is 1. The molecule has 0 unspecified atom stereocenters. The molecule has 1 aromatic carbocycles. The van der Waals surface area contributed by atoms with E-state index in [4.69, 9.17) is 5.73 Å². The molecule has 8 nitrogen and oxygen atoms in total. The van der Waals surface area contributed by atoms with Crippen LogP contribution in [0.25, 0.3) is 0 Å². The fraction of sp³-hybridized carbons (Fsp3) is 0.652. The second-order valence-corrected chi connectivity index (χ2v) is 8.56. The number of carbonyl (C=O) groups is 1. The van der Waals surface area contributed by atoms with E-state index in [2.05, 4.69) is 37.2 Å². The first-order chi connectivity index (χ1) is 15.5. The Balaban J connectivity index is 0.00000385. The van der Waals surface area contributed by atoms with Gasteiger partial charge in [-0.25, -0.2) is 9.38 Å². The Labute approximate surface area is 214 Å². The Kier molecular flexibility index (Phi) is 11.6. The van der Waals surface area contributed by atoms with Gasteiger partial charge in [0.05, 0.1) is 18.8 Å². The summed E-state index contributed by atoms with van der Waals surface area (Å²) in [6.45, 7) is 12.0. The monoisotopic (exact) mass is 575 g/mol. The fourth-order valence-electron chi connectivity index (χ4n) is 4.35. The van der Waals surface area contributed by atoms with Crippen molar-refractivity contribution in [2.75, 3.05) is 63.8 Å². The Hall–Kier alpha value is -1.66. The third-order valence-electron chi connectivity index (χ3n) is 6.24. The van der Waals surface area contributed by atoms with Crippen LogP contribution in [0.1, 0.15) is 32.3 Å². The molecule has 2 fully saturated rings. The number of halogens is 2. The summed E-state index contributed by atoms with van der Waals surface area (Å²) in [5.74, 6) is 0.274. The van der Waals surface area contributed by atoms with Gasteiger partial charge in [-0.15, -0.1) is 24.0 Å². The third kappa shape index (κ3) is 8.56. The number of rotatable bonds is 8. The van der Waals surface area contributed by atoms with Crippen LogP contribution >= 0.6 is 24.0 Å². The van der Waals surface area contributed by atoms with E-state index in [9.17, 15) is 9.18 Å². The van der Waals surface area contributed by atoms with Gasteiger partial charge in [0.25, 0.3) is 0 Å². The predicted octanol–water partition coefficient (Wildman–Crippen LogP) is 1.59. The molecule has 2 heterocycles. The van der Waals surface area contributed by atoms with Gasteiger partial charge >= 0.3 is 0 Å². The first-order valence-corrected chi connectivity index (χ1v) is 11.8. The molecule has 0 saturated carbocycles. The Bertz CT molecular complexity index is 778. The fourth-order valence-corrected chi connectivity index (χ4v) is 4.35. The molecular formula is C23H39FIN7O. The maximum absolute atomic E-state index is 14.8. The highest BCUT2D eigenvalue weighted by Crippen LogP contribution is 2.22. The zero-order valence-corrected chi connectivity index (χ0v) is 22.2. The number of hydrogen-bond acceptors (Lipinski definition) is 5. The van der Waals surface area contributed by atoms with Gasteiger partial charge in [-0.1, -0.05) is 13.0 Å². The maximum Gasteiger partial charge on any atom is 0.231 e. The number of aliphatic imine (C=N–C) groups is 1. The van der Waals surface area contributed by atoms with Crippen molar-refractivity contribution in [3.63, 3.8) is 0 Å². The van der Waals surface area contributed by atoms with Crippen molar-refractivity contribution in [2.45, 2.75) is 39.3 Å². The normalized spacial score (nSPS) is 18.6. The van der Waals surface area contributed by atoms with Crippen LogP contribution < -0.4 is 21.3 Å². The molecule has 0 atom stereocenters. The van der Waals surface area contributed by atoms with Crippen LogP contribution in [0.5, 0.6) is 0 Å². The van der Waals surface area contributed by atoms with Crippen LogP contribution in [0.15, 0.2) is 23.2 Å². The summed E-state index contributed by atoms with van der Waals surface area (Å²) in [6, 6.07) is 5.76. The molecule has 0 bridgehead atoms. The molecule has 2 aliphatic heterocycles. The van der Waals surface area contributed by atoms with Gasteiger partial charge < -0.3 is 26.2 Å². The van der Waals surface area contributed by atoms with E-state index in [-0.39, 0.29) is 41.7 Å². The van der Waals surface area contributed by atoms with Crippen LogP contribution in [0.3, 0.4) is 0 Å². The topological polar surface area (TPSA) is 89.2 Å². The van der Waals surface area contributed by atoms with Gasteiger partial charge in [0.15, 0.2) is 5.96 Å². The van der Waals surface area contributed by atoms with Crippen LogP contribution in [-0.2, 0) is 11.3 Å². The number of primary amides is 1. The van der Waals surface area contributed by atoms with Crippen LogP contribution in [-0.4, -0.2) is 86.6 Å². The number of nitrogens with one attached hydrogen (secondary N) is 2. The smallest absolute Gasteiger partial charge is 0.231 e. The van der Waals surface area contributed by atoms with E-state index in [1.54, 1.807) is 6.07 Å². The molecule has 33 heavy (non-hydrogen) atoms. The minimum atomic E-state index is -0.284. The quantitative estimate of drug-likeness (QED) is 0.248. The molecule has 0 aromatic heterocycles. The van der Waals surface area contributed by atoms with Gasteiger partial charge in [0, 0.05) is 51.9 Å². The van der Waals surface area contributed by atoms with Gasteiger partial charge in [0.1, 0.15) is 5.82 Å². The first kappa shape index (κ1) is 27.6. The molecule has 4 N–H and O–H groups in total. The van der Waals surface area contributed by atoms with Crippen LogP contribution in [0, 0.1) is 5.82 Å². The summed E-state index contributed by atoms with van der Waals surface area (Å²) in [6.07, 6.45) is 1.85. The van der Waals surface area contributed by atoms with Gasteiger partial charge in [-0.2, -0.15) is 0 Å². The molecule has 0 aliphatic carbocycles. The Morgan fingerprint density at radius 1 is 1.12 bits per heavy atom. The number of piperazine rings is 1. The minimum Gasteiger partial charge on any atom is -0.369 e. The SMILES string of the molecule is CCNC(=NCc1ccc(N2CCN(CC)CC2)c(F)c1)NC1CCN(CC(N)=O)CC1.I. The molecule has 0 spiro atoms. The van der Waals surface area contributed by atoms with E-state index >= 15 is 0 Å². The summed E-state index contributed by atoms with van der Waals surface area (Å²) in [5.41, 5.74) is 6.83. The highest BCUT2D eigenvalue weighted by molar-refractivity contribution is 14.0. The van der Waals surface area contributed by atoms with Crippen LogP contribution in [0.4, 0.5) is 10.1 Å². The zero-order chi connectivity index (χ0) is 22.9. The van der Waals surface area contributed by atoms with Crippen molar-refractivity contribution in [3.05, 3.63) is 29.6 Å². The van der Waals surface area contributed by atoms with E-state index < -0.39 is 0 Å². The highest BCUT2D eigenvalue weighted by Gasteiger charge is 2.21. The number of likely N-dealkylation sites (tertiary alicyclic amines) is 1. The number of guanidine groups is 1. The van der Waals surface area contributed by atoms with E-state index in [0.29, 0.717) is 18.8 Å². The molecule has 2 aliphatic rings. The lowest BCUT2D eigenvalue weighted by molar-refractivity contribution is -0.119. The van der Waals surface area contributed by atoms with Gasteiger partial charge in [-0.05, 0) is 44.0 Å². The van der Waals surface area contributed by atoms with Crippen molar-refractivity contribution in [1.82, 2.24) is 20.4 Å². The van der Waals surface area contributed by atoms with Crippen molar-refractivity contribution < 1.29 is 9.18 Å². The number of nitrogens with zero attached hydrogens (tertiary/aromatic N) is 4. The number of hydrogen-bond donors (Lipinski definition) is 3. The summed E-state index contributed by atoms with van der Waals surface area (Å²) >= 11 is 0. The van der Waals surface area contributed by atoms with Crippen molar-refractivity contribution in [1.29, 1.82) is 0 Å². The average molecular weight is 576 g/mol. The third-order valence-corrected chi connectivity index (χ3v) is 6.24. The maximum atomic E-state index is 14.8. The average Bonchev–Trinajstić information content (AvgIpc) is 2.79. The van der Waals surface area contributed by atoms with E-state index in [1.165, 1.54) is 0 Å². The minimum absolute atomic E-state index is 0. The standard InChI is InChI=1S/C23H38FN7O.HI/c1-3-26-23(28-19-7-9-30(10-8-19)17-22(25)32)27-16-18-5-6-21(20(24)15-18)31-13-11-29(4-2)12-14-31;/h5-6,15,19H,3-4,7-14,16-17H2,1-2H3,(H2,25,32)(H2,26,27,28);1H. The summed E-state index contributed by atoms with van der Waals surface area (Å²) < 4.78 is 14.8. The van der Waals surface area contributed by atoms with E-state index in [0.717, 1.165) is 76.7 Å². The number of piperidine rings is 1. The van der Waals surface area contributed by atoms with E-state index in [1.807, 2.05) is 19.1 Å². The first-order valence-electron chi connectivity index (χ1n) is 11.8. The molecule has 1 aromatic rings. The number of nitrogens with two attached hydrogens (primary N) is 1. The van der Waals surface area contributed by atoms with Crippen molar-refractivity contribution in [2.24, 2.45) is 10.7 Å². The molecule has 0 radical (unpaired) electrons. The molecule has 1 amide bonds. The Morgan fingerprint density at radius 2 is 1.82 bits per heavy atom. The van der Waals surface area contributed by atoms with Gasteiger partial charge in [0.2, 0.25) is 5.91 Å². The Morgan fingerprint density at radius 3 is 2.39 bits per heavy atom. The number of carbonyl (C=O) groups excluding carboxylic acids is 1. The lowest BCUT2D eigenvalue weighted by Crippen LogP contribution is -2.49. The van der Waals surface area contributed by atoms with Crippen LogP contribution in [0.2, 0.25) is 0 Å². The number of likely N-dealkylation sites (N-methyl/N-ethyl adjacent to an activating group) is 1. The summed E-state index contributed by atoms with van der Waals surface area (Å²) in [4.78, 5) is 22.4. The lowest BCUT2D eigenvalue weighted by Gasteiger charge is -2.35. The predicted molar refractivity (Wildman–Crippen MR) is 143 cm³/mol. The highest BCUT2D eigenvalue weighted by atomic mass is 127. The number of amides is 1. The molecule has 3 rings (SSSR count).